The molecule has 0 amide bonds. The maximum absolute atomic E-state index is 12.5. The zero-order chi connectivity index (χ0) is 11.0. The van der Waals surface area contributed by atoms with Crippen LogP contribution in [-0.2, 0) is 0 Å². The largest absolute Gasteiger partial charge is 0.478 e. The Morgan fingerprint density at radius 2 is 2.20 bits per heavy atom. The van der Waals surface area contributed by atoms with Gasteiger partial charge in [-0.1, -0.05) is 0 Å². The third kappa shape index (κ3) is 1.54. The number of aromatic carboxylic acids is 1. The molecule has 0 aliphatic carbocycles. The number of halogens is 2. The molecule has 15 heavy (non-hydrogen) atoms. The molecule has 0 saturated carbocycles. The second kappa shape index (κ2) is 3.30. The molecule has 2 N–H and O–H groups in total. The smallest absolute Gasteiger partial charge is 0.336 e. The molecule has 1 aromatic heterocycles. The molecule has 0 spiro atoms. The van der Waals surface area contributed by atoms with E-state index in [1.807, 2.05) is 0 Å². The third-order valence-electron chi connectivity index (χ3n) is 2.06. The van der Waals surface area contributed by atoms with Crippen LogP contribution < -0.4 is 0 Å². The molecule has 0 aliphatic heterocycles. The number of carboxylic acid groups (broad SMARTS) is 1. The lowest BCUT2D eigenvalue weighted by molar-refractivity contribution is 0.0685. The van der Waals surface area contributed by atoms with Crippen LogP contribution in [0.25, 0.3) is 11.0 Å². The number of alkyl halides is 2. The van der Waals surface area contributed by atoms with Crippen LogP contribution in [0.5, 0.6) is 0 Å². The maximum Gasteiger partial charge on any atom is 0.336 e. The van der Waals surface area contributed by atoms with E-state index in [0.717, 1.165) is 12.1 Å². The van der Waals surface area contributed by atoms with Crippen molar-refractivity contribution >= 4 is 17.0 Å². The first-order valence-electron chi connectivity index (χ1n) is 4.08. The lowest BCUT2D eigenvalue weighted by atomic mass is 10.1. The first-order chi connectivity index (χ1) is 7.09. The normalized spacial score (nSPS) is 11.1. The van der Waals surface area contributed by atoms with E-state index in [-0.39, 0.29) is 0 Å². The Morgan fingerprint density at radius 1 is 1.47 bits per heavy atom. The molecule has 78 valence electrons. The number of carboxylic acids is 1. The van der Waals surface area contributed by atoms with Crippen molar-refractivity contribution in [2.45, 2.75) is 6.43 Å². The maximum atomic E-state index is 12.5. The van der Waals surface area contributed by atoms with Crippen molar-refractivity contribution in [2.75, 3.05) is 0 Å². The zero-order valence-corrected chi connectivity index (χ0v) is 7.37. The molecule has 0 bridgehead atoms. The van der Waals surface area contributed by atoms with Crippen molar-refractivity contribution in [3.63, 3.8) is 0 Å². The highest BCUT2D eigenvalue weighted by Crippen LogP contribution is 2.26. The van der Waals surface area contributed by atoms with Gasteiger partial charge in [-0.25, -0.2) is 18.6 Å². The Labute approximate surface area is 82.6 Å². The summed E-state index contributed by atoms with van der Waals surface area (Å²) in [5.74, 6) is -1.38. The second-order valence-corrected chi connectivity index (χ2v) is 2.96. The number of nitrogens with zero attached hydrogens (tertiary/aromatic N) is 1. The molecule has 2 aromatic rings. The number of fused-ring (bicyclic) bond motifs is 1. The van der Waals surface area contributed by atoms with Crippen molar-refractivity contribution in [1.29, 1.82) is 0 Å². The number of hydrogen-bond donors (Lipinski definition) is 2. The van der Waals surface area contributed by atoms with E-state index in [1.165, 1.54) is 6.33 Å². The third-order valence-corrected chi connectivity index (χ3v) is 2.06. The molecule has 2 rings (SSSR count). The van der Waals surface area contributed by atoms with Crippen LogP contribution in [0.2, 0.25) is 0 Å². The number of imidazole rings is 1. The number of aromatic amines is 1. The van der Waals surface area contributed by atoms with Crippen LogP contribution >= 0.6 is 0 Å². The Bertz CT molecular complexity index is 522. The average molecular weight is 212 g/mol. The van der Waals surface area contributed by atoms with Gasteiger partial charge < -0.3 is 10.1 Å². The van der Waals surface area contributed by atoms with Crippen molar-refractivity contribution in [2.24, 2.45) is 0 Å². The van der Waals surface area contributed by atoms with Gasteiger partial charge in [0.2, 0.25) is 0 Å². The number of aromatic nitrogens is 2. The number of hydrogen-bond acceptors (Lipinski definition) is 2. The van der Waals surface area contributed by atoms with Crippen molar-refractivity contribution in [1.82, 2.24) is 9.97 Å². The molecule has 6 heteroatoms. The summed E-state index contributed by atoms with van der Waals surface area (Å²) in [7, 11) is 0. The average Bonchev–Trinajstić information content (AvgIpc) is 2.61. The number of H-pyrrole nitrogens is 1. The number of carbonyl (C=O) groups is 1. The summed E-state index contributed by atoms with van der Waals surface area (Å²) in [6.07, 6.45) is -1.49. The van der Waals surface area contributed by atoms with E-state index >= 15 is 0 Å². The molecule has 0 unspecified atom stereocenters. The fraction of sp³-hybridized carbons (Fsp3) is 0.111. The van der Waals surface area contributed by atoms with Gasteiger partial charge in [0, 0.05) is 5.56 Å². The standard InChI is InChI=1S/C9H6F2N2O2/c10-8(11)4-1-6-7(13-3-12-6)2-5(4)9(14)15/h1-3,8H,(H,12,13)(H,14,15). The number of rotatable bonds is 2. The summed E-state index contributed by atoms with van der Waals surface area (Å²) in [4.78, 5) is 17.2. The lowest BCUT2D eigenvalue weighted by Crippen LogP contribution is -2.02. The van der Waals surface area contributed by atoms with Gasteiger partial charge in [-0.3, -0.25) is 0 Å². The number of nitrogens with one attached hydrogen (secondary N) is 1. The van der Waals surface area contributed by atoms with Gasteiger partial charge in [-0.2, -0.15) is 0 Å². The molecule has 1 aromatic carbocycles. The summed E-state index contributed by atoms with van der Waals surface area (Å²) in [5, 5.41) is 8.74. The highest BCUT2D eigenvalue weighted by atomic mass is 19.3. The molecular weight excluding hydrogens is 206 g/mol. The zero-order valence-electron chi connectivity index (χ0n) is 7.37. The molecule has 4 nitrogen and oxygen atoms in total. The molecule has 0 radical (unpaired) electrons. The Morgan fingerprint density at radius 3 is 2.80 bits per heavy atom. The van der Waals surface area contributed by atoms with E-state index in [0.29, 0.717) is 11.0 Å². The summed E-state index contributed by atoms with van der Waals surface area (Å²) in [6.45, 7) is 0. The van der Waals surface area contributed by atoms with Gasteiger partial charge in [0.25, 0.3) is 6.43 Å². The predicted molar refractivity (Wildman–Crippen MR) is 48.0 cm³/mol. The molecule has 0 atom stereocenters. The van der Waals surface area contributed by atoms with Gasteiger partial charge in [-0.15, -0.1) is 0 Å². The van der Waals surface area contributed by atoms with E-state index in [9.17, 15) is 13.6 Å². The molecular formula is C9H6F2N2O2. The lowest BCUT2D eigenvalue weighted by Gasteiger charge is -2.04. The predicted octanol–water partition coefficient (Wildman–Crippen LogP) is 2.20. The van der Waals surface area contributed by atoms with Crippen LogP contribution in [0.15, 0.2) is 18.5 Å². The van der Waals surface area contributed by atoms with Crippen LogP contribution in [-0.4, -0.2) is 21.0 Å². The Hall–Kier alpha value is -1.98. The second-order valence-electron chi connectivity index (χ2n) is 2.96. The SMILES string of the molecule is O=C(O)c1cc2nc[nH]c2cc1C(F)F. The first-order valence-corrected chi connectivity index (χ1v) is 4.08. The van der Waals surface area contributed by atoms with Crippen LogP contribution in [0.4, 0.5) is 8.78 Å². The molecule has 0 aliphatic rings. The van der Waals surface area contributed by atoms with Crippen molar-refractivity contribution in [3.05, 3.63) is 29.6 Å². The minimum atomic E-state index is -2.82. The highest BCUT2D eigenvalue weighted by Gasteiger charge is 2.19. The van der Waals surface area contributed by atoms with Crippen LogP contribution in [0.3, 0.4) is 0 Å². The monoisotopic (exact) mass is 212 g/mol. The van der Waals surface area contributed by atoms with Gasteiger partial charge in [0.05, 0.1) is 22.9 Å². The Kier molecular flexibility index (Phi) is 2.11. The highest BCUT2D eigenvalue weighted by molar-refractivity contribution is 5.94. The van der Waals surface area contributed by atoms with Gasteiger partial charge >= 0.3 is 5.97 Å². The van der Waals surface area contributed by atoms with Gasteiger partial charge in [-0.05, 0) is 12.1 Å². The quantitative estimate of drug-likeness (QED) is 0.801. The van der Waals surface area contributed by atoms with Gasteiger partial charge in [0.1, 0.15) is 0 Å². The van der Waals surface area contributed by atoms with E-state index in [2.05, 4.69) is 9.97 Å². The summed E-state index contributed by atoms with van der Waals surface area (Å²) in [6, 6.07) is 2.24. The Balaban J connectivity index is 2.73. The van der Waals surface area contributed by atoms with E-state index in [4.69, 9.17) is 5.11 Å². The first kappa shape index (κ1) is 9.57. The van der Waals surface area contributed by atoms with E-state index < -0.39 is 23.5 Å². The van der Waals surface area contributed by atoms with Crippen LogP contribution in [0, 0.1) is 0 Å². The van der Waals surface area contributed by atoms with Crippen molar-refractivity contribution < 1.29 is 18.7 Å². The minimum Gasteiger partial charge on any atom is -0.478 e. The van der Waals surface area contributed by atoms with Gasteiger partial charge in [0.15, 0.2) is 0 Å². The van der Waals surface area contributed by atoms with Crippen molar-refractivity contribution in [3.8, 4) is 0 Å². The minimum absolute atomic E-state index is 0.358. The fourth-order valence-electron chi connectivity index (χ4n) is 1.36. The summed E-state index contributed by atoms with van der Waals surface area (Å²) in [5.41, 5.74) is -0.157. The molecule has 1 heterocycles. The summed E-state index contributed by atoms with van der Waals surface area (Å²) >= 11 is 0. The van der Waals surface area contributed by atoms with Crippen LogP contribution in [0.1, 0.15) is 22.3 Å². The fourth-order valence-corrected chi connectivity index (χ4v) is 1.36. The summed E-state index contributed by atoms with van der Waals surface area (Å²) < 4.78 is 25.0. The molecule has 0 saturated heterocycles. The van der Waals surface area contributed by atoms with E-state index in [1.54, 1.807) is 0 Å². The number of benzene rings is 1. The topological polar surface area (TPSA) is 66.0 Å². The molecule has 0 fully saturated rings.